The lowest BCUT2D eigenvalue weighted by molar-refractivity contribution is 0.397. The minimum Gasteiger partial charge on any atom is -0.207 e. The van der Waals surface area contributed by atoms with Gasteiger partial charge in [-0.05, 0) is 55.9 Å². The van der Waals surface area contributed by atoms with Gasteiger partial charge in [0.05, 0.1) is 4.90 Å². The molecule has 2 aliphatic carbocycles. The van der Waals surface area contributed by atoms with Crippen LogP contribution in [0.15, 0.2) is 58.7 Å². The summed E-state index contributed by atoms with van der Waals surface area (Å²) in [7, 11) is -3.53. The Balaban J connectivity index is 1.85. The first kappa shape index (κ1) is 21.1. The Labute approximate surface area is 170 Å². The van der Waals surface area contributed by atoms with Crippen LogP contribution < -0.4 is 0 Å². The minimum absolute atomic E-state index is 0.0154. The summed E-state index contributed by atoms with van der Waals surface area (Å²) in [6, 6.07) is 7.09. The zero-order valence-corrected chi connectivity index (χ0v) is 18.3. The van der Waals surface area contributed by atoms with Gasteiger partial charge in [-0.2, -0.15) is 4.31 Å². The van der Waals surface area contributed by atoms with Crippen LogP contribution in [-0.2, 0) is 10.0 Å². The molecule has 1 atom stereocenters. The maximum atomic E-state index is 13.2. The quantitative estimate of drug-likeness (QED) is 0.353. The van der Waals surface area contributed by atoms with E-state index in [2.05, 4.69) is 26.2 Å². The van der Waals surface area contributed by atoms with E-state index in [-0.39, 0.29) is 11.3 Å². The lowest BCUT2D eigenvalue weighted by Crippen LogP contribution is -2.33. The van der Waals surface area contributed by atoms with Crippen LogP contribution in [0.5, 0.6) is 0 Å². The van der Waals surface area contributed by atoms with Gasteiger partial charge in [-0.25, -0.2) is 8.42 Å². The van der Waals surface area contributed by atoms with Gasteiger partial charge in [0, 0.05) is 24.4 Å². The van der Waals surface area contributed by atoms with Crippen LogP contribution in [0.2, 0.25) is 0 Å². The molecule has 2 saturated carbocycles. The number of sulfonamides is 1. The lowest BCUT2D eigenvalue weighted by Gasteiger charge is -2.21. The monoisotopic (exact) mass is 399 g/mol. The van der Waals surface area contributed by atoms with Crippen LogP contribution in [0, 0.1) is 18.3 Å². The molecule has 28 heavy (non-hydrogen) atoms. The van der Waals surface area contributed by atoms with Crippen molar-refractivity contribution in [3.63, 3.8) is 0 Å². The second-order valence-corrected chi connectivity index (χ2v) is 10.7. The topological polar surface area (TPSA) is 37.4 Å². The molecule has 0 aromatic heterocycles. The largest absolute Gasteiger partial charge is 0.243 e. The molecule has 0 radical (unpaired) electrons. The second-order valence-electron chi connectivity index (χ2n) is 8.75. The van der Waals surface area contributed by atoms with Crippen LogP contribution in [0.1, 0.15) is 57.9 Å². The van der Waals surface area contributed by atoms with E-state index in [0.29, 0.717) is 18.0 Å². The summed E-state index contributed by atoms with van der Waals surface area (Å²) >= 11 is 0. The Morgan fingerprint density at radius 3 is 2.32 bits per heavy atom. The second kappa shape index (κ2) is 8.41. The molecule has 0 heterocycles. The molecule has 2 fully saturated rings. The molecule has 3 rings (SSSR count). The summed E-state index contributed by atoms with van der Waals surface area (Å²) in [5.41, 5.74) is 7.49. The first-order chi connectivity index (χ1) is 13.3. The normalized spacial score (nSPS) is 21.9. The van der Waals surface area contributed by atoms with Gasteiger partial charge >= 0.3 is 0 Å². The van der Waals surface area contributed by atoms with Crippen LogP contribution in [0.25, 0.3) is 0 Å². The van der Waals surface area contributed by atoms with Crippen molar-refractivity contribution < 1.29 is 8.42 Å². The van der Waals surface area contributed by atoms with E-state index in [0.717, 1.165) is 18.4 Å². The molecule has 0 bridgehead atoms. The number of benzene rings is 1. The zero-order valence-electron chi connectivity index (χ0n) is 17.5. The highest BCUT2D eigenvalue weighted by atomic mass is 32.2. The third-order valence-electron chi connectivity index (χ3n) is 6.23. The van der Waals surface area contributed by atoms with Gasteiger partial charge in [0.1, 0.15) is 0 Å². The molecule has 4 heteroatoms. The molecule has 1 aromatic rings. The number of aryl methyl sites for hydroxylation is 1. The summed E-state index contributed by atoms with van der Waals surface area (Å²) in [5, 5.41) is 0. The van der Waals surface area contributed by atoms with Crippen molar-refractivity contribution in [2.75, 3.05) is 13.1 Å². The van der Waals surface area contributed by atoms with E-state index in [4.69, 9.17) is 0 Å². The SMILES string of the molecule is C=CCN(CC1C(=C=C2CCCCCC2)C1(C)C)S(=O)(=O)c1ccc(C)cc1. The average molecular weight is 400 g/mol. The Morgan fingerprint density at radius 2 is 1.75 bits per heavy atom. The molecule has 2 aliphatic rings. The number of hydrogen-bond donors (Lipinski definition) is 0. The number of rotatable bonds is 6. The van der Waals surface area contributed by atoms with Crippen molar-refractivity contribution in [2.45, 2.75) is 64.2 Å². The van der Waals surface area contributed by atoms with Gasteiger partial charge in [0.2, 0.25) is 10.0 Å². The molecular formula is C24H33NO2S. The zero-order chi connectivity index (χ0) is 20.4. The average Bonchev–Trinajstić information content (AvgIpc) is 3.27. The van der Waals surface area contributed by atoms with Crippen molar-refractivity contribution in [3.05, 3.63) is 59.4 Å². The Morgan fingerprint density at radius 1 is 1.14 bits per heavy atom. The van der Waals surface area contributed by atoms with E-state index in [1.807, 2.05) is 19.1 Å². The fourth-order valence-electron chi connectivity index (χ4n) is 4.16. The van der Waals surface area contributed by atoms with Crippen LogP contribution in [0.4, 0.5) is 0 Å². The van der Waals surface area contributed by atoms with Crippen molar-refractivity contribution in [2.24, 2.45) is 11.3 Å². The molecule has 0 amide bonds. The summed E-state index contributed by atoms with van der Waals surface area (Å²) in [6.07, 6.45) is 9.10. The van der Waals surface area contributed by atoms with Gasteiger partial charge in [0.15, 0.2) is 0 Å². The van der Waals surface area contributed by atoms with Gasteiger partial charge in [-0.1, -0.05) is 50.5 Å². The molecule has 152 valence electrons. The van der Waals surface area contributed by atoms with E-state index in [1.165, 1.54) is 36.8 Å². The number of nitrogens with zero attached hydrogens (tertiary/aromatic N) is 1. The molecule has 0 spiro atoms. The van der Waals surface area contributed by atoms with Crippen LogP contribution in [0.3, 0.4) is 0 Å². The summed E-state index contributed by atoms with van der Waals surface area (Å²) < 4.78 is 28.0. The Hall–Kier alpha value is -1.61. The predicted molar refractivity (Wildman–Crippen MR) is 116 cm³/mol. The standard InChI is InChI=1S/C24H33NO2S/c1-5-16-25(28(26,27)21-14-12-19(2)13-15-21)18-23-22(24(23,3)4)17-20-10-8-6-7-9-11-20/h5,12-15,23H,1,6-11,16,18H2,2-4H3. The molecule has 0 saturated heterocycles. The van der Waals surface area contributed by atoms with E-state index in [1.54, 1.807) is 22.5 Å². The fraction of sp³-hybridized carbons (Fsp3) is 0.542. The van der Waals surface area contributed by atoms with Crippen molar-refractivity contribution in [1.82, 2.24) is 4.31 Å². The first-order valence-corrected chi connectivity index (χ1v) is 11.9. The predicted octanol–water partition coefficient (Wildman–Crippen LogP) is 5.63. The maximum absolute atomic E-state index is 13.2. The number of hydrogen-bond acceptors (Lipinski definition) is 2. The van der Waals surface area contributed by atoms with Crippen molar-refractivity contribution in [1.29, 1.82) is 0 Å². The molecule has 1 unspecified atom stereocenters. The molecular weight excluding hydrogens is 366 g/mol. The van der Waals surface area contributed by atoms with Gasteiger partial charge in [0.25, 0.3) is 0 Å². The van der Waals surface area contributed by atoms with Gasteiger partial charge in [-0.15, -0.1) is 12.3 Å². The van der Waals surface area contributed by atoms with Crippen LogP contribution in [-0.4, -0.2) is 25.8 Å². The van der Waals surface area contributed by atoms with Gasteiger partial charge in [-0.3, -0.25) is 0 Å². The molecule has 1 aromatic carbocycles. The van der Waals surface area contributed by atoms with Crippen molar-refractivity contribution >= 4 is 10.0 Å². The first-order valence-electron chi connectivity index (χ1n) is 10.4. The summed E-state index contributed by atoms with van der Waals surface area (Å²) in [5.74, 6) is 0.225. The minimum atomic E-state index is -3.53. The highest BCUT2D eigenvalue weighted by molar-refractivity contribution is 7.89. The summed E-state index contributed by atoms with van der Waals surface area (Å²) in [6.45, 7) is 11.0. The highest BCUT2D eigenvalue weighted by Gasteiger charge is 2.53. The van der Waals surface area contributed by atoms with E-state index < -0.39 is 10.0 Å². The summed E-state index contributed by atoms with van der Waals surface area (Å²) in [4.78, 5) is 0.353. The maximum Gasteiger partial charge on any atom is 0.243 e. The van der Waals surface area contributed by atoms with Crippen molar-refractivity contribution in [3.8, 4) is 0 Å². The fourth-order valence-corrected chi connectivity index (χ4v) is 5.58. The smallest absolute Gasteiger partial charge is 0.207 e. The van der Waals surface area contributed by atoms with Gasteiger partial charge < -0.3 is 0 Å². The van der Waals surface area contributed by atoms with E-state index >= 15 is 0 Å². The third kappa shape index (κ3) is 4.51. The third-order valence-corrected chi connectivity index (χ3v) is 8.07. The molecule has 0 N–H and O–H groups in total. The highest BCUT2D eigenvalue weighted by Crippen LogP contribution is 2.58. The molecule has 3 nitrogen and oxygen atoms in total. The van der Waals surface area contributed by atoms with E-state index in [9.17, 15) is 8.42 Å². The molecule has 0 aliphatic heterocycles. The Kier molecular flexibility index (Phi) is 6.34. The lowest BCUT2D eigenvalue weighted by atomic mass is 10.1. The Bertz CT molecular complexity index is 877. The van der Waals surface area contributed by atoms with Crippen LogP contribution >= 0.6 is 0 Å².